The number of aliphatic carboxylic acids is 1. The summed E-state index contributed by atoms with van der Waals surface area (Å²) in [6, 6.07) is 5.12. The lowest BCUT2D eigenvalue weighted by atomic mass is 10.0. The van der Waals surface area contributed by atoms with Crippen LogP contribution >= 0.6 is 11.3 Å². The van der Waals surface area contributed by atoms with Gasteiger partial charge < -0.3 is 10.4 Å². The number of hydrogen-bond donors (Lipinski definition) is 2. The van der Waals surface area contributed by atoms with E-state index >= 15 is 0 Å². The molecular weight excluding hydrogens is 521 g/mol. The average Bonchev–Trinajstić information content (AvgIpc) is 3.57. The zero-order chi connectivity index (χ0) is 26.7. The van der Waals surface area contributed by atoms with Gasteiger partial charge in [-0.2, -0.15) is 18.3 Å². The number of likely N-dealkylation sites (tertiary alicyclic amines) is 1. The molecule has 1 aromatic carbocycles. The first-order chi connectivity index (χ1) is 17.5. The van der Waals surface area contributed by atoms with Gasteiger partial charge in [-0.3, -0.25) is 14.5 Å². The van der Waals surface area contributed by atoms with E-state index in [0.717, 1.165) is 22.1 Å². The Hall–Kier alpha value is -3.39. The quantitative estimate of drug-likeness (QED) is 0.397. The minimum absolute atomic E-state index is 0.0251. The van der Waals surface area contributed by atoms with E-state index in [-0.39, 0.29) is 48.1 Å². The zero-order valence-corrected chi connectivity index (χ0v) is 20.0. The van der Waals surface area contributed by atoms with E-state index < -0.39 is 48.4 Å². The second-order valence-electron chi connectivity index (χ2n) is 8.53. The summed E-state index contributed by atoms with van der Waals surface area (Å²) >= 11 is 1.10. The molecule has 1 fully saturated rings. The number of hydrogen-bond acceptors (Lipinski definition) is 6. The molecule has 3 aromatic rings. The Morgan fingerprint density at radius 2 is 1.89 bits per heavy atom. The molecule has 0 radical (unpaired) electrons. The highest BCUT2D eigenvalue weighted by atomic mass is 32.1. The highest BCUT2D eigenvalue weighted by molar-refractivity contribution is 7.12. The SMILES string of the molecule is O=C(O)CC(CCN1C[C@@H](F)[C@H](F)C1)NC(=O)c1cc(-c2ccccc2C(F)(F)F)n(-c2nccs2)n1. The molecule has 8 nitrogen and oxygen atoms in total. The second kappa shape index (κ2) is 10.9. The molecule has 2 N–H and O–H groups in total. The van der Waals surface area contributed by atoms with Crippen molar-refractivity contribution >= 4 is 23.2 Å². The molecular formula is C23H22F5N5O3S. The molecule has 0 spiro atoms. The summed E-state index contributed by atoms with van der Waals surface area (Å²) in [5, 5.41) is 17.8. The molecule has 3 atom stereocenters. The first-order valence-electron chi connectivity index (χ1n) is 11.2. The van der Waals surface area contributed by atoms with Crippen LogP contribution in [-0.4, -0.2) is 74.7 Å². The van der Waals surface area contributed by atoms with Crippen molar-refractivity contribution in [3.63, 3.8) is 0 Å². The van der Waals surface area contributed by atoms with Gasteiger partial charge >= 0.3 is 12.1 Å². The fourth-order valence-corrected chi connectivity index (χ4v) is 4.72. The summed E-state index contributed by atoms with van der Waals surface area (Å²) in [6.45, 7) is -0.110. The van der Waals surface area contributed by atoms with Gasteiger partial charge in [-0.25, -0.2) is 18.4 Å². The topological polar surface area (TPSA) is 100 Å². The fraction of sp³-hybridized carbons (Fsp3) is 0.391. The fourth-order valence-electron chi connectivity index (χ4n) is 4.12. The predicted octanol–water partition coefficient (Wildman–Crippen LogP) is 3.97. The third-order valence-corrected chi connectivity index (χ3v) is 6.61. The number of rotatable bonds is 9. The average molecular weight is 544 g/mol. The minimum atomic E-state index is -4.67. The van der Waals surface area contributed by atoms with Crippen LogP contribution in [0.3, 0.4) is 0 Å². The third kappa shape index (κ3) is 6.31. The van der Waals surface area contributed by atoms with Crippen LogP contribution in [0.4, 0.5) is 22.0 Å². The number of thiazole rings is 1. The number of halogens is 5. The van der Waals surface area contributed by atoms with Gasteiger partial charge in [0.25, 0.3) is 5.91 Å². The molecule has 0 aliphatic carbocycles. The lowest BCUT2D eigenvalue weighted by molar-refractivity contribution is -0.138. The lowest BCUT2D eigenvalue weighted by Gasteiger charge is -2.20. The Morgan fingerprint density at radius 1 is 1.19 bits per heavy atom. The van der Waals surface area contributed by atoms with Gasteiger partial charge in [0.1, 0.15) is 12.3 Å². The number of benzene rings is 1. The maximum Gasteiger partial charge on any atom is 0.417 e. The number of nitrogens with one attached hydrogen (secondary N) is 1. The normalized spacial score (nSPS) is 19.2. The van der Waals surface area contributed by atoms with Crippen LogP contribution < -0.4 is 5.32 Å². The molecule has 1 unspecified atom stereocenters. The highest BCUT2D eigenvalue weighted by Crippen LogP contribution is 2.38. The maximum absolute atomic E-state index is 13.7. The van der Waals surface area contributed by atoms with Crippen molar-refractivity contribution in [1.82, 2.24) is 25.0 Å². The molecule has 198 valence electrons. The number of nitrogens with zero attached hydrogens (tertiary/aromatic N) is 4. The minimum Gasteiger partial charge on any atom is -0.481 e. The van der Waals surface area contributed by atoms with Crippen molar-refractivity contribution < 1.29 is 36.6 Å². The van der Waals surface area contributed by atoms with E-state index in [1.165, 1.54) is 35.4 Å². The summed E-state index contributed by atoms with van der Waals surface area (Å²) in [7, 11) is 0. The van der Waals surface area contributed by atoms with E-state index in [9.17, 15) is 36.6 Å². The molecule has 4 rings (SSSR count). The molecule has 0 saturated carbocycles. The molecule has 1 aliphatic heterocycles. The first-order valence-corrected chi connectivity index (χ1v) is 12.1. The van der Waals surface area contributed by atoms with Gasteiger partial charge in [-0.1, -0.05) is 18.2 Å². The lowest BCUT2D eigenvalue weighted by Crippen LogP contribution is -2.39. The summed E-state index contributed by atoms with van der Waals surface area (Å²) in [5.41, 5.74) is -1.41. The number of carbonyl (C=O) groups excluding carboxylic acids is 1. The Labute approximate surface area is 211 Å². The summed E-state index contributed by atoms with van der Waals surface area (Å²) in [5.74, 6) is -2.01. The van der Waals surface area contributed by atoms with Gasteiger partial charge in [0, 0.05) is 42.8 Å². The van der Waals surface area contributed by atoms with Crippen LogP contribution in [0.5, 0.6) is 0 Å². The van der Waals surface area contributed by atoms with Crippen LogP contribution in [0.1, 0.15) is 28.9 Å². The number of aromatic nitrogens is 3. The number of carboxylic acids is 1. The van der Waals surface area contributed by atoms with Gasteiger partial charge in [0.15, 0.2) is 5.69 Å². The van der Waals surface area contributed by atoms with Crippen molar-refractivity contribution in [1.29, 1.82) is 0 Å². The molecule has 37 heavy (non-hydrogen) atoms. The molecule has 1 aliphatic rings. The predicted molar refractivity (Wildman–Crippen MR) is 124 cm³/mol. The molecule has 14 heteroatoms. The van der Waals surface area contributed by atoms with E-state index in [1.54, 1.807) is 5.38 Å². The Bertz CT molecular complexity index is 1240. The third-order valence-electron chi connectivity index (χ3n) is 5.86. The van der Waals surface area contributed by atoms with Gasteiger partial charge in [0.2, 0.25) is 5.13 Å². The van der Waals surface area contributed by atoms with Crippen molar-refractivity contribution in [2.75, 3.05) is 19.6 Å². The van der Waals surface area contributed by atoms with Crippen LogP contribution in [-0.2, 0) is 11.0 Å². The monoisotopic (exact) mass is 543 g/mol. The summed E-state index contributed by atoms with van der Waals surface area (Å²) in [6.07, 6.45) is -6.86. The number of alkyl halides is 5. The molecule has 1 saturated heterocycles. The number of amides is 1. The van der Waals surface area contributed by atoms with Gasteiger partial charge in [-0.05, 0) is 18.6 Å². The zero-order valence-electron chi connectivity index (χ0n) is 19.2. The van der Waals surface area contributed by atoms with Crippen LogP contribution in [0.25, 0.3) is 16.4 Å². The van der Waals surface area contributed by atoms with E-state index in [4.69, 9.17) is 0 Å². The molecule has 0 bridgehead atoms. The Balaban J connectivity index is 1.60. The van der Waals surface area contributed by atoms with Gasteiger partial charge in [-0.15, -0.1) is 11.3 Å². The smallest absolute Gasteiger partial charge is 0.417 e. The largest absolute Gasteiger partial charge is 0.481 e. The highest BCUT2D eigenvalue weighted by Gasteiger charge is 2.35. The van der Waals surface area contributed by atoms with Crippen molar-refractivity contribution in [2.45, 2.75) is 37.4 Å². The standard InChI is InChI=1S/C23H22F5N5O3S/c24-16-11-32(12-17(16)25)7-5-13(9-20(34)35)30-21(36)18-10-19(33(31-18)22-29-6-8-37-22)14-3-1-2-4-15(14)23(26,27)28/h1-4,6,8,10,13,16-17H,5,7,9,11-12H2,(H,30,36)(H,34,35)/t13?,16-,17-/m1/s1. The molecule has 1 amide bonds. The Morgan fingerprint density at radius 3 is 2.51 bits per heavy atom. The van der Waals surface area contributed by atoms with Gasteiger partial charge in [0.05, 0.1) is 17.7 Å². The van der Waals surface area contributed by atoms with Crippen LogP contribution in [0, 0.1) is 0 Å². The summed E-state index contributed by atoms with van der Waals surface area (Å²) < 4.78 is 69.2. The number of carbonyl (C=O) groups is 2. The molecule has 3 heterocycles. The van der Waals surface area contributed by atoms with Crippen LogP contribution in [0.2, 0.25) is 0 Å². The van der Waals surface area contributed by atoms with Crippen molar-refractivity contribution in [3.8, 4) is 16.4 Å². The maximum atomic E-state index is 13.7. The first kappa shape index (κ1) is 26.7. The van der Waals surface area contributed by atoms with Crippen LogP contribution in [0.15, 0.2) is 41.9 Å². The van der Waals surface area contributed by atoms with E-state index in [2.05, 4.69) is 15.4 Å². The Kier molecular flexibility index (Phi) is 7.87. The van der Waals surface area contributed by atoms with Crippen molar-refractivity contribution in [2.24, 2.45) is 0 Å². The summed E-state index contributed by atoms with van der Waals surface area (Å²) in [4.78, 5) is 30.0. The second-order valence-corrected chi connectivity index (χ2v) is 9.41. The molecule has 2 aromatic heterocycles. The van der Waals surface area contributed by atoms with E-state index in [1.807, 2.05) is 0 Å². The number of carboxylic acid groups (broad SMARTS) is 1. The van der Waals surface area contributed by atoms with E-state index in [0.29, 0.717) is 0 Å². The van der Waals surface area contributed by atoms with Crippen molar-refractivity contribution in [3.05, 3.63) is 53.2 Å².